The van der Waals surface area contributed by atoms with Crippen LogP contribution in [0, 0.1) is 5.92 Å². The van der Waals surface area contributed by atoms with Crippen molar-refractivity contribution in [1.29, 1.82) is 0 Å². The molecule has 2 rings (SSSR count). The summed E-state index contributed by atoms with van der Waals surface area (Å²) >= 11 is 0. The van der Waals surface area contributed by atoms with E-state index >= 15 is 0 Å². The number of likely N-dealkylation sites (tertiary alicyclic amines) is 1. The SMILES string of the molecule is FC(F)CN1CCCC(CNC2CC2)C1. The Labute approximate surface area is 90.0 Å². The van der Waals surface area contributed by atoms with Gasteiger partial charge in [0.15, 0.2) is 0 Å². The van der Waals surface area contributed by atoms with E-state index < -0.39 is 6.43 Å². The zero-order chi connectivity index (χ0) is 10.7. The molecule has 1 atom stereocenters. The molecular formula is C11H20F2N2. The minimum atomic E-state index is -2.18. The first-order valence-electron chi connectivity index (χ1n) is 5.98. The molecule has 1 saturated carbocycles. The van der Waals surface area contributed by atoms with Crippen molar-refractivity contribution >= 4 is 0 Å². The Hall–Kier alpha value is -0.220. The molecule has 1 aliphatic carbocycles. The van der Waals surface area contributed by atoms with Gasteiger partial charge in [-0.3, -0.25) is 4.90 Å². The molecule has 0 aromatic heterocycles. The average molecular weight is 218 g/mol. The van der Waals surface area contributed by atoms with Gasteiger partial charge in [-0.1, -0.05) is 0 Å². The molecule has 0 spiro atoms. The van der Waals surface area contributed by atoms with E-state index in [-0.39, 0.29) is 6.54 Å². The van der Waals surface area contributed by atoms with Gasteiger partial charge in [0.2, 0.25) is 0 Å². The molecule has 0 amide bonds. The number of piperidine rings is 1. The number of alkyl halides is 2. The van der Waals surface area contributed by atoms with E-state index in [4.69, 9.17) is 0 Å². The summed E-state index contributed by atoms with van der Waals surface area (Å²) in [4.78, 5) is 1.91. The van der Waals surface area contributed by atoms with Crippen LogP contribution < -0.4 is 5.32 Å². The quantitative estimate of drug-likeness (QED) is 0.756. The Balaban J connectivity index is 1.66. The Kier molecular flexibility index (Phi) is 3.92. The van der Waals surface area contributed by atoms with Crippen LogP contribution in [0.25, 0.3) is 0 Å². The average Bonchev–Trinajstić information content (AvgIpc) is 2.97. The summed E-state index contributed by atoms with van der Waals surface area (Å²) in [5, 5.41) is 3.49. The molecule has 2 aliphatic rings. The van der Waals surface area contributed by atoms with Gasteiger partial charge in [0.1, 0.15) is 0 Å². The monoisotopic (exact) mass is 218 g/mol. The van der Waals surface area contributed by atoms with E-state index in [0.29, 0.717) is 5.92 Å². The maximum atomic E-state index is 12.2. The van der Waals surface area contributed by atoms with Crippen molar-refractivity contribution in [2.45, 2.75) is 38.2 Å². The smallest absolute Gasteiger partial charge is 0.251 e. The fraction of sp³-hybridized carbons (Fsp3) is 1.00. The second kappa shape index (κ2) is 5.21. The van der Waals surface area contributed by atoms with Crippen molar-refractivity contribution in [1.82, 2.24) is 10.2 Å². The van der Waals surface area contributed by atoms with Crippen LogP contribution in [0.15, 0.2) is 0 Å². The second-order valence-electron chi connectivity index (χ2n) is 4.84. The lowest BCUT2D eigenvalue weighted by atomic mass is 9.98. The zero-order valence-corrected chi connectivity index (χ0v) is 9.09. The Morgan fingerprint density at radius 2 is 2.07 bits per heavy atom. The summed E-state index contributed by atoms with van der Waals surface area (Å²) in [5.41, 5.74) is 0. The molecule has 88 valence electrons. The summed E-state index contributed by atoms with van der Waals surface area (Å²) in [6.07, 6.45) is 2.68. The number of hydrogen-bond donors (Lipinski definition) is 1. The molecule has 0 bridgehead atoms. The third-order valence-corrected chi connectivity index (χ3v) is 3.27. The molecule has 2 fully saturated rings. The Morgan fingerprint density at radius 3 is 2.73 bits per heavy atom. The van der Waals surface area contributed by atoms with E-state index in [1.807, 2.05) is 4.90 Å². The van der Waals surface area contributed by atoms with E-state index in [2.05, 4.69) is 5.32 Å². The molecule has 4 heteroatoms. The Morgan fingerprint density at radius 1 is 1.27 bits per heavy atom. The van der Waals surface area contributed by atoms with Gasteiger partial charge in [0, 0.05) is 12.6 Å². The third-order valence-electron chi connectivity index (χ3n) is 3.27. The zero-order valence-electron chi connectivity index (χ0n) is 9.09. The Bertz CT molecular complexity index is 195. The van der Waals surface area contributed by atoms with Gasteiger partial charge in [-0.05, 0) is 44.7 Å². The highest BCUT2D eigenvalue weighted by Gasteiger charge is 2.25. The topological polar surface area (TPSA) is 15.3 Å². The lowest BCUT2D eigenvalue weighted by molar-refractivity contribution is 0.0647. The molecule has 0 radical (unpaired) electrons. The van der Waals surface area contributed by atoms with Gasteiger partial charge in [0.05, 0.1) is 6.54 Å². The minimum Gasteiger partial charge on any atom is -0.314 e. The molecular weight excluding hydrogens is 198 g/mol. The number of hydrogen-bond acceptors (Lipinski definition) is 2. The van der Waals surface area contributed by atoms with E-state index in [0.717, 1.165) is 32.1 Å². The molecule has 1 aliphatic heterocycles. The lowest BCUT2D eigenvalue weighted by Gasteiger charge is -2.32. The normalized spacial score (nSPS) is 28.6. The van der Waals surface area contributed by atoms with Crippen molar-refractivity contribution in [2.75, 3.05) is 26.2 Å². The first kappa shape index (κ1) is 11.3. The minimum absolute atomic E-state index is 0.0417. The van der Waals surface area contributed by atoms with Crippen LogP contribution in [0.4, 0.5) is 8.78 Å². The predicted molar refractivity (Wildman–Crippen MR) is 56.2 cm³/mol. The number of rotatable bonds is 5. The maximum absolute atomic E-state index is 12.2. The van der Waals surface area contributed by atoms with Crippen molar-refractivity contribution in [3.8, 4) is 0 Å². The van der Waals surface area contributed by atoms with Crippen LogP contribution in [0.5, 0.6) is 0 Å². The van der Waals surface area contributed by atoms with Crippen molar-refractivity contribution in [3.63, 3.8) is 0 Å². The van der Waals surface area contributed by atoms with Crippen molar-refractivity contribution in [3.05, 3.63) is 0 Å². The fourth-order valence-corrected chi connectivity index (χ4v) is 2.30. The number of nitrogens with one attached hydrogen (secondary N) is 1. The molecule has 0 aromatic rings. The molecule has 1 N–H and O–H groups in total. The molecule has 0 aromatic carbocycles. The van der Waals surface area contributed by atoms with Gasteiger partial charge in [0.25, 0.3) is 6.43 Å². The van der Waals surface area contributed by atoms with Gasteiger partial charge >= 0.3 is 0 Å². The summed E-state index contributed by atoms with van der Waals surface area (Å²) in [6.45, 7) is 2.68. The van der Waals surface area contributed by atoms with Crippen LogP contribution in [-0.4, -0.2) is 43.5 Å². The number of nitrogens with zero attached hydrogens (tertiary/aromatic N) is 1. The molecule has 2 nitrogen and oxygen atoms in total. The molecule has 15 heavy (non-hydrogen) atoms. The molecule has 1 saturated heterocycles. The largest absolute Gasteiger partial charge is 0.314 e. The van der Waals surface area contributed by atoms with E-state index in [9.17, 15) is 8.78 Å². The highest BCUT2D eigenvalue weighted by molar-refractivity contribution is 4.83. The highest BCUT2D eigenvalue weighted by atomic mass is 19.3. The van der Waals surface area contributed by atoms with Crippen LogP contribution in [0.2, 0.25) is 0 Å². The van der Waals surface area contributed by atoms with Gasteiger partial charge in [-0.25, -0.2) is 8.78 Å². The van der Waals surface area contributed by atoms with Crippen LogP contribution in [-0.2, 0) is 0 Å². The standard InChI is InChI=1S/C11H20F2N2/c12-11(13)8-15-5-1-2-9(7-15)6-14-10-3-4-10/h9-11,14H,1-8H2. The summed E-state index contributed by atoms with van der Waals surface area (Å²) in [6, 6.07) is 0.732. The van der Waals surface area contributed by atoms with Gasteiger partial charge in [-0.15, -0.1) is 0 Å². The highest BCUT2D eigenvalue weighted by Crippen LogP contribution is 2.21. The maximum Gasteiger partial charge on any atom is 0.251 e. The van der Waals surface area contributed by atoms with Crippen molar-refractivity contribution in [2.24, 2.45) is 5.92 Å². The van der Waals surface area contributed by atoms with E-state index in [1.165, 1.54) is 19.3 Å². The predicted octanol–water partition coefficient (Wildman–Crippen LogP) is 1.72. The first-order chi connectivity index (χ1) is 7.24. The summed E-state index contributed by atoms with van der Waals surface area (Å²) < 4.78 is 24.4. The van der Waals surface area contributed by atoms with Crippen LogP contribution >= 0.6 is 0 Å². The fourth-order valence-electron chi connectivity index (χ4n) is 2.30. The summed E-state index contributed by atoms with van der Waals surface area (Å²) in [5.74, 6) is 0.582. The van der Waals surface area contributed by atoms with Crippen LogP contribution in [0.3, 0.4) is 0 Å². The third kappa shape index (κ3) is 4.03. The van der Waals surface area contributed by atoms with Gasteiger partial charge in [-0.2, -0.15) is 0 Å². The van der Waals surface area contributed by atoms with Gasteiger partial charge < -0.3 is 5.32 Å². The lowest BCUT2D eigenvalue weighted by Crippen LogP contribution is -2.41. The number of halogens is 2. The summed E-state index contributed by atoms with van der Waals surface area (Å²) in [7, 11) is 0. The first-order valence-corrected chi connectivity index (χ1v) is 5.98. The van der Waals surface area contributed by atoms with Crippen LogP contribution in [0.1, 0.15) is 25.7 Å². The van der Waals surface area contributed by atoms with Crippen molar-refractivity contribution < 1.29 is 8.78 Å². The molecule has 1 heterocycles. The second-order valence-corrected chi connectivity index (χ2v) is 4.84. The van der Waals surface area contributed by atoms with E-state index in [1.54, 1.807) is 0 Å². The molecule has 1 unspecified atom stereocenters.